The summed E-state index contributed by atoms with van der Waals surface area (Å²) in [4.78, 5) is 11.9. The van der Waals surface area contributed by atoms with E-state index in [4.69, 9.17) is 4.74 Å². The van der Waals surface area contributed by atoms with Crippen molar-refractivity contribution in [1.29, 1.82) is 0 Å². The molecule has 1 aromatic carbocycles. The van der Waals surface area contributed by atoms with Gasteiger partial charge in [-0.05, 0) is 37.0 Å². The lowest BCUT2D eigenvalue weighted by Crippen LogP contribution is -2.34. The molecule has 0 radical (unpaired) electrons. The molecular weight excluding hydrogens is 264 g/mol. The van der Waals surface area contributed by atoms with Crippen LogP contribution < -0.4 is 4.74 Å². The number of rotatable bonds is 9. The van der Waals surface area contributed by atoms with Gasteiger partial charge in [0.1, 0.15) is 5.75 Å². The summed E-state index contributed by atoms with van der Waals surface area (Å²) in [6, 6.07) is 7.42. The average Bonchev–Trinajstić information content (AvgIpc) is 2.51. The van der Waals surface area contributed by atoms with Crippen molar-refractivity contribution in [3.63, 3.8) is 0 Å². The number of carboxylic acid groups (broad SMARTS) is 1. The number of benzene rings is 1. The quantitative estimate of drug-likeness (QED) is 0.721. The van der Waals surface area contributed by atoms with Crippen LogP contribution in [0.2, 0.25) is 0 Å². The molecule has 0 spiro atoms. The number of hydrogen-bond donors (Lipinski definition) is 1. The number of unbranched alkanes of at least 4 members (excludes halogenated alkanes) is 1. The van der Waals surface area contributed by atoms with Crippen LogP contribution in [0.25, 0.3) is 0 Å². The van der Waals surface area contributed by atoms with Gasteiger partial charge in [0.15, 0.2) is 0 Å². The van der Waals surface area contributed by atoms with Crippen LogP contribution >= 0.6 is 0 Å². The van der Waals surface area contributed by atoms with E-state index in [1.54, 1.807) is 7.11 Å². The topological polar surface area (TPSA) is 46.5 Å². The standard InChI is InChI=1S/C18H28O3/c1-5-7-8-14(6-2)13-18(3,17(19)20)15-9-11-16(21-4)12-10-15/h9-12,14H,5-8,13H2,1-4H3,(H,19,20). The van der Waals surface area contributed by atoms with Gasteiger partial charge in [0.05, 0.1) is 12.5 Å². The first-order valence-corrected chi connectivity index (χ1v) is 7.85. The van der Waals surface area contributed by atoms with Crippen LogP contribution in [0.1, 0.15) is 58.4 Å². The molecule has 0 aliphatic carbocycles. The highest BCUT2D eigenvalue weighted by Gasteiger charge is 2.37. The minimum Gasteiger partial charge on any atom is -0.497 e. The monoisotopic (exact) mass is 292 g/mol. The van der Waals surface area contributed by atoms with E-state index in [-0.39, 0.29) is 0 Å². The summed E-state index contributed by atoms with van der Waals surface area (Å²) >= 11 is 0. The molecule has 0 amide bonds. The molecule has 3 nitrogen and oxygen atoms in total. The van der Waals surface area contributed by atoms with Crippen molar-refractivity contribution in [2.45, 2.75) is 58.3 Å². The maximum Gasteiger partial charge on any atom is 0.313 e. The summed E-state index contributed by atoms with van der Waals surface area (Å²) < 4.78 is 5.15. The number of carbonyl (C=O) groups is 1. The summed E-state index contributed by atoms with van der Waals surface area (Å²) in [6.45, 7) is 6.16. The first kappa shape index (κ1) is 17.5. The number of hydrogen-bond acceptors (Lipinski definition) is 2. The molecule has 0 saturated heterocycles. The highest BCUT2D eigenvalue weighted by atomic mass is 16.5. The van der Waals surface area contributed by atoms with Gasteiger partial charge in [-0.25, -0.2) is 0 Å². The Kier molecular flexibility index (Phi) is 6.73. The first-order chi connectivity index (χ1) is 9.97. The Morgan fingerprint density at radius 2 is 1.90 bits per heavy atom. The average molecular weight is 292 g/mol. The zero-order valence-electron chi connectivity index (χ0n) is 13.7. The van der Waals surface area contributed by atoms with E-state index in [0.29, 0.717) is 12.3 Å². The van der Waals surface area contributed by atoms with Gasteiger partial charge in [0.25, 0.3) is 0 Å². The van der Waals surface area contributed by atoms with Gasteiger partial charge in [-0.3, -0.25) is 4.79 Å². The lowest BCUT2D eigenvalue weighted by Gasteiger charge is -2.30. The van der Waals surface area contributed by atoms with Crippen molar-refractivity contribution in [3.8, 4) is 5.75 Å². The number of aliphatic carboxylic acids is 1. The van der Waals surface area contributed by atoms with Gasteiger partial charge >= 0.3 is 5.97 Å². The van der Waals surface area contributed by atoms with Crippen molar-refractivity contribution < 1.29 is 14.6 Å². The number of methoxy groups -OCH3 is 1. The van der Waals surface area contributed by atoms with E-state index < -0.39 is 11.4 Å². The van der Waals surface area contributed by atoms with Crippen molar-refractivity contribution in [3.05, 3.63) is 29.8 Å². The van der Waals surface area contributed by atoms with Gasteiger partial charge < -0.3 is 9.84 Å². The van der Waals surface area contributed by atoms with E-state index in [2.05, 4.69) is 13.8 Å². The number of carboxylic acids is 1. The molecule has 1 aromatic rings. The van der Waals surface area contributed by atoms with E-state index in [9.17, 15) is 9.90 Å². The molecule has 0 aliphatic rings. The second kappa shape index (κ2) is 8.06. The van der Waals surface area contributed by atoms with Crippen LogP contribution in [0.4, 0.5) is 0 Å². The van der Waals surface area contributed by atoms with Crippen LogP contribution in [0.15, 0.2) is 24.3 Å². The van der Waals surface area contributed by atoms with E-state index >= 15 is 0 Å². The Bertz CT molecular complexity index is 438. The molecule has 0 bridgehead atoms. The van der Waals surface area contributed by atoms with Crippen LogP contribution in [-0.4, -0.2) is 18.2 Å². The molecule has 118 valence electrons. The highest BCUT2D eigenvalue weighted by molar-refractivity contribution is 5.80. The predicted molar refractivity (Wildman–Crippen MR) is 85.9 cm³/mol. The van der Waals surface area contributed by atoms with Crippen molar-refractivity contribution in [2.24, 2.45) is 5.92 Å². The molecular formula is C18H28O3. The van der Waals surface area contributed by atoms with Crippen LogP contribution in [-0.2, 0) is 10.2 Å². The molecule has 2 atom stereocenters. The smallest absolute Gasteiger partial charge is 0.313 e. The maximum absolute atomic E-state index is 11.9. The molecule has 0 heterocycles. The summed E-state index contributed by atoms with van der Waals surface area (Å²) in [5, 5.41) is 9.75. The Hall–Kier alpha value is -1.51. The van der Waals surface area contributed by atoms with E-state index in [1.807, 2.05) is 31.2 Å². The molecule has 0 fully saturated rings. The SMILES string of the molecule is CCCCC(CC)CC(C)(C(=O)O)c1ccc(OC)cc1. The Labute approximate surface area is 128 Å². The lowest BCUT2D eigenvalue weighted by molar-refractivity contribution is -0.144. The van der Waals surface area contributed by atoms with Crippen molar-refractivity contribution in [2.75, 3.05) is 7.11 Å². The molecule has 3 heteroatoms. The second-order valence-electron chi connectivity index (χ2n) is 5.99. The van der Waals surface area contributed by atoms with Gasteiger partial charge in [-0.15, -0.1) is 0 Å². The van der Waals surface area contributed by atoms with Gasteiger partial charge in [-0.1, -0.05) is 51.7 Å². The van der Waals surface area contributed by atoms with Gasteiger partial charge in [-0.2, -0.15) is 0 Å². The zero-order valence-corrected chi connectivity index (χ0v) is 13.7. The largest absolute Gasteiger partial charge is 0.497 e. The van der Waals surface area contributed by atoms with E-state index in [1.165, 1.54) is 0 Å². The molecule has 0 aromatic heterocycles. The van der Waals surface area contributed by atoms with Gasteiger partial charge in [0, 0.05) is 0 Å². The van der Waals surface area contributed by atoms with Crippen LogP contribution in [0, 0.1) is 5.92 Å². The summed E-state index contributed by atoms with van der Waals surface area (Å²) in [6.07, 6.45) is 5.13. The van der Waals surface area contributed by atoms with Crippen LogP contribution in [0.5, 0.6) is 5.75 Å². The Balaban J connectivity index is 2.97. The Morgan fingerprint density at radius 1 is 1.29 bits per heavy atom. The second-order valence-corrected chi connectivity index (χ2v) is 5.99. The highest BCUT2D eigenvalue weighted by Crippen LogP contribution is 2.35. The molecule has 21 heavy (non-hydrogen) atoms. The predicted octanol–water partition coefficient (Wildman–Crippen LogP) is 4.64. The fraction of sp³-hybridized carbons (Fsp3) is 0.611. The summed E-state index contributed by atoms with van der Waals surface area (Å²) in [5.41, 5.74) is 0.0199. The van der Waals surface area contributed by atoms with Crippen LogP contribution in [0.3, 0.4) is 0 Å². The fourth-order valence-electron chi connectivity index (χ4n) is 2.81. The minimum atomic E-state index is -0.833. The van der Waals surface area contributed by atoms with Gasteiger partial charge in [0.2, 0.25) is 0 Å². The Morgan fingerprint density at radius 3 is 2.33 bits per heavy atom. The molecule has 1 N–H and O–H groups in total. The van der Waals surface area contributed by atoms with Crippen molar-refractivity contribution >= 4 is 5.97 Å². The summed E-state index contributed by atoms with van der Waals surface area (Å²) in [5.74, 6) is 0.459. The van der Waals surface area contributed by atoms with Crippen molar-refractivity contribution in [1.82, 2.24) is 0 Å². The molecule has 1 rings (SSSR count). The lowest BCUT2D eigenvalue weighted by atomic mass is 9.73. The molecule has 2 unspecified atom stereocenters. The summed E-state index contributed by atoms with van der Waals surface area (Å²) in [7, 11) is 1.61. The third-order valence-electron chi connectivity index (χ3n) is 4.44. The molecule has 0 saturated carbocycles. The normalized spacial score (nSPS) is 15.2. The fourth-order valence-corrected chi connectivity index (χ4v) is 2.81. The molecule has 0 aliphatic heterocycles. The third-order valence-corrected chi connectivity index (χ3v) is 4.44. The minimum absolute atomic E-state index is 0.452. The maximum atomic E-state index is 11.9. The third kappa shape index (κ3) is 4.48. The zero-order chi connectivity index (χ0) is 15.9. The number of ether oxygens (including phenoxy) is 1. The van der Waals surface area contributed by atoms with E-state index in [0.717, 1.165) is 37.0 Å². The first-order valence-electron chi connectivity index (χ1n) is 7.85.